The topological polar surface area (TPSA) is 0 Å². The van der Waals surface area contributed by atoms with Crippen LogP contribution in [-0.2, 0) is 6.42 Å². The molecule has 2 aromatic carbocycles. The van der Waals surface area contributed by atoms with E-state index in [0.717, 1.165) is 17.9 Å². The Hall–Kier alpha value is -1.27. The molecule has 0 bridgehead atoms. The van der Waals surface area contributed by atoms with E-state index < -0.39 is 0 Å². The van der Waals surface area contributed by atoms with Crippen molar-refractivity contribution in [2.45, 2.75) is 25.7 Å². The van der Waals surface area contributed by atoms with Crippen LogP contribution in [0.3, 0.4) is 0 Å². The Morgan fingerprint density at radius 1 is 1.00 bits per heavy atom. The molecule has 2 aromatic rings. The minimum Gasteiger partial charge on any atom is -0.0843 e. The van der Waals surface area contributed by atoms with Gasteiger partial charge in [0, 0.05) is 5.02 Å². The van der Waals surface area contributed by atoms with Crippen LogP contribution in [0.5, 0.6) is 0 Å². The Morgan fingerprint density at radius 2 is 1.76 bits per heavy atom. The minimum absolute atomic E-state index is 0.593. The van der Waals surface area contributed by atoms with Gasteiger partial charge >= 0.3 is 0 Å². The van der Waals surface area contributed by atoms with Crippen molar-refractivity contribution in [1.29, 1.82) is 0 Å². The van der Waals surface area contributed by atoms with Gasteiger partial charge in [-0.3, -0.25) is 0 Å². The third-order valence-electron chi connectivity index (χ3n) is 3.12. The highest BCUT2D eigenvalue weighted by atomic mass is 35.5. The van der Waals surface area contributed by atoms with Gasteiger partial charge in [0.1, 0.15) is 0 Å². The first-order valence-corrected chi connectivity index (χ1v) is 6.43. The standard InChI is InChI=1S/C16H17Cl/c1-13(15-7-3-2-4-8-15)10-11-14-6-5-9-16(17)12-14/h2-9,12-13H,10-11H2,1H3/t13-/m0/s1. The third kappa shape index (κ3) is 3.61. The monoisotopic (exact) mass is 244 g/mol. The van der Waals surface area contributed by atoms with E-state index in [4.69, 9.17) is 11.6 Å². The summed E-state index contributed by atoms with van der Waals surface area (Å²) in [5, 5.41) is 0.829. The molecule has 0 fully saturated rings. The van der Waals surface area contributed by atoms with Crippen molar-refractivity contribution >= 4 is 11.6 Å². The smallest absolute Gasteiger partial charge is 0.0408 e. The first-order valence-electron chi connectivity index (χ1n) is 6.05. The molecular weight excluding hydrogens is 228 g/mol. The van der Waals surface area contributed by atoms with Crippen LogP contribution in [0.25, 0.3) is 0 Å². The Morgan fingerprint density at radius 3 is 2.47 bits per heavy atom. The van der Waals surface area contributed by atoms with Crippen molar-refractivity contribution in [3.63, 3.8) is 0 Å². The summed E-state index contributed by atoms with van der Waals surface area (Å²) in [6.45, 7) is 2.28. The molecule has 1 heteroatoms. The number of hydrogen-bond donors (Lipinski definition) is 0. The van der Waals surface area contributed by atoms with Gasteiger partial charge in [-0.15, -0.1) is 0 Å². The number of rotatable bonds is 4. The molecule has 0 aromatic heterocycles. The van der Waals surface area contributed by atoms with Crippen LogP contribution in [0.15, 0.2) is 54.6 Å². The summed E-state index contributed by atoms with van der Waals surface area (Å²) in [5.41, 5.74) is 2.73. The maximum atomic E-state index is 5.98. The fraction of sp³-hybridized carbons (Fsp3) is 0.250. The van der Waals surface area contributed by atoms with Gasteiger partial charge in [0.15, 0.2) is 0 Å². The lowest BCUT2D eigenvalue weighted by atomic mass is 9.94. The normalized spacial score (nSPS) is 12.4. The molecule has 0 aliphatic heterocycles. The maximum absolute atomic E-state index is 5.98. The zero-order chi connectivity index (χ0) is 12.1. The summed E-state index contributed by atoms with van der Waals surface area (Å²) in [6, 6.07) is 18.8. The molecule has 0 nitrogen and oxygen atoms in total. The van der Waals surface area contributed by atoms with Crippen LogP contribution >= 0.6 is 11.6 Å². The van der Waals surface area contributed by atoms with E-state index in [1.807, 2.05) is 12.1 Å². The Balaban J connectivity index is 1.95. The quantitative estimate of drug-likeness (QED) is 0.704. The molecule has 0 radical (unpaired) electrons. The molecule has 1 atom stereocenters. The lowest BCUT2D eigenvalue weighted by molar-refractivity contribution is 0.679. The SMILES string of the molecule is C[C@@H](CCc1cccc(Cl)c1)c1ccccc1. The van der Waals surface area contributed by atoms with Crippen LogP contribution in [-0.4, -0.2) is 0 Å². The van der Waals surface area contributed by atoms with Gasteiger partial charge in [0.2, 0.25) is 0 Å². The highest BCUT2D eigenvalue weighted by Gasteiger charge is 2.05. The van der Waals surface area contributed by atoms with Gasteiger partial charge in [-0.25, -0.2) is 0 Å². The highest BCUT2D eigenvalue weighted by molar-refractivity contribution is 6.30. The molecule has 0 spiro atoms. The fourth-order valence-corrected chi connectivity index (χ4v) is 2.24. The van der Waals surface area contributed by atoms with Crippen molar-refractivity contribution in [2.24, 2.45) is 0 Å². The van der Waals surface area contributed by atoms with Gasteiger partial charge in [0.25, 0.3) is 0 Å². The van der Waals surface area contributed by atoms with Crippen molar-refractivity contribution in [2.75, 3.05) is 0 Å². The first-order chi connectivity index (χ1) is 8.25. The number of hydrogen-bond acceptors (Lipinski definition) is 0. The predicted molar refractivity (Wildman–Crippen MR) is 74.6 cm³/mol. The minimum atomic E-state index is 0.593. The van der Waals surface area contributed by atoms with Crippen LogP contribution in [0.2, 0.25) is 5.02 Å². The highest BCUT2D eigenvalue weighted by Crippen LogP contribution is 2.21. The van der Waals surface area contributed by atoms with E-state index in [9.17, 15) is 0 Å². The van der Waals surface area contributed by atoms with Crippen LogP contribution in [0.1, 0.15) is 30.4 Å². The summed E-state index contributed by atoms with van der Waals surface area (Å²) in [4.78, 5) is 0. The van der Waals surface area contributed by atoms with Gasteiger partial charge in [-0.05, 0) is 42.0 Å². The summed E-state index contributed by atoms with van der Waals surface area (Å²) in [7, 11) is 0. The van der Waals surface area contributed by atoms with Gasteiger partial charge < -0.3 is 0 Å². The molecule has 0 unspecified atom stereocenters. The zero-order valence-corrected chi connectivity index (χ0v) is 10.8. The van der Waals surface area contributed by atoms with Crippen molar-refractivity contribution in [3.05, 3.63) is 70.7 Å². The van der Waals surface area contributed by atoms with Crippen LogP contribution in [0.4, 0.5) is 0 Å². The second kappa shape index (κ2) is 5.88. The Bertz CT molecular complexity index is 462. The fourth-order valence-electron chi connectivity index (χ4n) is 2.02. The Labute approximate surface area is 108 Å². The molecule has 0 saturated heterocycles. The van der Waals surface area contributed by atoms with E-state index in [2.05, 4.69) is 49.4 Å². The molecule has 0 aliphatic rings. The maximum Gasteiger partial charge on any atom is 0.0408 e. The first kappa shape index (κ1) is 12.2. The summed E-state index contributed by atoms with van der Waals surface area (Å²) >= 11 is 5.98. The van der Waals surface area contributed by atoms with Crippen LogP contribution < -0.4 is 0 Å². The van der Waals surface area contributed by atoms with Crippen LogP contribution in [0, 0.1) is 0 Å². The Kier molecular flexibility index (Phi) is 4.22. The molecule has 88 valence electrons. The van der Waals surface area contributed by atoms with Crippen molar-refractivity contribution in [1.82, 2.24) is 0 Å². The van der Waals surface area contributed by atoms with E-state index >= 15 is 0 Å². The molecule has 0 aliphatic carbocycles. The molecular formula is C16H17Cl. The average Bonchev–Trinajstić information content (AvgIpc) is 2.37. The van der Waals surface area contributed by atoms with E-state index in [1.54, 1.807) is 0 Å². The number of aryl methyl sites for hydroxylation is 1. The van der Waals surface area contributed by atoms with E-state index in [1.165, 1.54) is 11.1 Å². The molecule has 17 heavy (non-hydrogen) atoms. The third-order valence-corrected chi connectivity index (χ3v) is 3.36. The average molecular weight is 245 g/mol. The number of halogens is 1. The van der Waals surface area contributed by atoms with Crippen molar-refractivity contribution in [3.8, 4) is 0 Å². The summed E-state index contributed by atoms with van der Waals surface area (Å²) in [6.07, 6.45) is 2.24. The second-order valence-electron chi connectivity index (χ2n) is 4.48. The van der Waals surface area contributed by atoms with E-state index in [0.29, 0.717) is 5.92 Å². The lowest BCUT2D eigenvalue weighted by Gasteiger charge is -2.11. The van der Waals surface area contributed by atoms with E-state index in [-0.39, 0.29) is 0 Å². The second-order valence-corrected chi connectivity index (χ2v) is 4.92. The van der Waals surface area contributed by atoms with Crippen molar-refractivity contribution < 1.29 is 0 Å². The van der Waals surface area contributed by atoms with Gasteiger partial charge in [-0.1, -0.05) is 61.0 Å². The lowest BCUT2D eigenvalue weighted by Crippen LogP contribution is -1.96. The zero-order valence-electron chi connectivity index (χ0n) is 10.1. The summed E-state index contributed by atoms with van der Waals surface area (Å²) < 4.78 is 0. The van der Waals surface area contributed by atoms with Gasteiger partial charge in [-0.2, -0.15) is 0 Å². The predicted octanol–water partition coefficient (Wildman–Crippen LogP) is 5.08. The number of benzene rings is 2. The molecule has 0 heterocycles. The molecule has 0 amide bonds. The molecule has 2 rings (SSSR count). The largest absolute Gasteiger partial charge is 0.0843 e. The summed E-state index contributed by atoms with van der Waals surface area (Å²) in [5.74, 6) is 0.593. The molecule has 0 N–H and O–H groups in total. The van der Waals surface area contributed by atoms with Gasteiger partial charge in [0.05, 0.1) is 0 Å². The molecule has 0 saturated carbocycles.